The summed E-state index contributed by atoms with van der Waals surface area (Å²) in [6.45, 7) is 0.825. The van der Waals surface area contributed by atoms with Gasteiger partial charge in [0, 0.05) is 10.6 Å². The van der Waals surface area contributed by atoms with Gasteiger partial charge in [0.05, 0.1) is 6.61 Å². The molecule has 0 spiro atoms. The number of aliphatic hydroxyl groups is 1. The zero-order chi connectivity index (χ0) is 13.0. The molecular weight excluding hydrogens is 251 g/mol. The van der Waals surface area contributed by atoms with E-state index in [1.165, 1.54) is 6.07 Å². The topological polar surface area (TPSA) is 66.8 Å². The van der Waals surface area contributed by atoms with E-state index in [9.17, 15) is 14.3 Å². The van der Waals surface area contributed by atoms with Crippen LogP contribution < -0.4 is 0 Å². The first-order chi connectivity index (χ1) is 7.91. The fraction of sp³-hybridized carbons (Fsp3) is 0.364. The van der Waals surface area contributed by atoms with E-state index in [1.54, 1.807) is 6.92 Å². The SMILES string of the molecule is Cc1cc(C(O)COCC(=O)O)c(Cl)cc1F. The molecule has 0 aliphatic heterocycles. The lowest BCUT2D eigenvalue weighted by Gasteiger charge is -2.13. The van der Waals surface area contributed by atoms with Gasteiger partial charge in [0.2, 0.25) is 0 Å². The fourth-order valence-corrected chi connectivity index (χ4v) is 1.56. The van der Waals surface area contributed by atoms with Gasteiger partial charge in [-0.1, -0.05) is 11.6 Å². The predicted octanol–water partition coefficient (Wildman–Crippen LogP) is 1.92. The van der Waals surface area contributed by atoms with Crippen molar-refractivity contribution < 1.29 is 24.1 Å². The number of benzene rings is 1. The van der Waals surface area contributed by atoms with Crippen LogP contribution in [-0.2, 0) is 9.53 Å². The van der Waals surface area contributed by atoms with E-state index >= 15 is 0 Å². The molecule has 0 fully saturated rings. The summed E-state index contributed by atoms with van der Waals surface area (Å²) in [6, 6.07) is 2.51. The Balaban J connectivity index is 2.71. The minimum absolute atomic E-state index is 0.0829. The van der Waals surface area contributed by atoms with E-state index in [0.29, 0.717) is 11.1 Å². The first kappa shape index (κ1) is 13.9. The molecule has 0 saturated heterocycles. The van der Waals surface area contributed by atoms with Crippen molar-refractivity contribution in [2.45, 2.75) is 13.0 Å². The summed E-state index contributed by atoms with van der Waals surface area (Å²) >= 11 is 5.77. The van der Waals surface area contributed by atoms with Crippen LogP contribution in [0.4, 0.5) is 4.39 Å². The standard InChI is InChI=1S/C11H12ClFO4/c1-6-2-7(8(12)3-9(6)13)10(14)4-17-5-11(15)16/h2-3,10,14H,4-5H2,1H3,(H,15,16). The number of aliphatic hydroxyl groups excluding tert-OH is 1. The lowest BCUT2D eigenvalue weighted by molar-refractivity contribution is -0.143. The molecule has 1 atom stereocenters. The van der Waals surface area contributed by atoms with Gasteiger partial charge in [-0.3, -0.25) is 0 Å². The van der Waals surface area contributed by atoms with Gasteiger partial charge >= 0.3 is 5.97 Å². The number of carboxylic acid groups (broad SMARTS) is 1. The Labute approximate surface area is 103 Å². The van der Waals surface area contributed by atoms with Crippen LogP contribution in [0, 0.1) is 12.7 Å². The van der Waals surface area contributed by atoms with Crippen molar-refractivity contribution in [3.8, 4) is 0 Å². The number of carboxylic acids is 1. The molecule has 0 aliphatic rings. The van der Waals surface area contributed by atoms with Crippen molar-refractivity contribution >= 4 is 17.6 Å². The molecular formula is C11H12ClFO4. The number of ether oxygens (including phenoxy) is 1. The Hall–Kier alpha value is -1.17. The van der Waals surface area contributed by atoms with Crippen molar-refractivity contribution in [1.29, 1.82) is 0 Å². The van der Waals surface area contributed by atoms with Gasteiger partial charge in [0.15, 0.2) is 0 Å². The summed E-state index contributed by atoms with van der Waals surface area (Å²) in [5, 5.41) is 18.1. The lowest BCUT2D eigenvalue weighted by Crippen LogP contribution is -2.13. The maximum atomic E-state index is 13.1. The summed E-state index contributed by atoms with van der Waals surface area (Å²) in [5.74, 6) is -1.59. The average Bonchev–Trinajstić information content (AvgIpc) is 2.22. The van der Waals surface area contributed by atoms with E-state index in [4.69, 9.17) is 21.4 Å². The molecule has 0 aromatic heterocycles. The molecule has 1 unspecified atom stereocenters. The van der Waals surface area contributed by atoms with Crippen LogP contribution in [0.2, 0.25) is 5.02 Å². The maximum Gasteiger partial charge on any atom is 0.329 e. The third-order valence-corrected chi connectivity index (χ3v) is 2.47. The predicted molar refractivity (Wildman–Crippen MR) is 59.6 cm³/mol. The molecule has 17 heavy (non-hydrogen) atoms. The van der Waals surface area contributed by atoms with Crippen LogP contribution >= 0.6 is 11.6 Å². The highest BCUT2D eigenvalue weighted by molar-refractivity contribution is 6.31. The summed E-state index contributed by atoms with van der Waals surface area (Å²) < 4.78 is 17.8. The third kappa shape index (κ3) is 3.96. The van der Waals surface area contributed by atoms with Crippen LogP contribution in [0.5, 0.6) is 0 Å². The Morgan fingerprint density at radius 1 is 1.59 bits per heavy atom. The zero-order valence-electron chi connectivity index (χ0n) is 9.11. The number of aliphatic carboxylic acids is 1. The molecule has 1 rings (SSSR count). The molecule has 2 N–H and O–H groups in total. The highest BCUT2D eigenvalue weighted by Crippen LogP contribution is 2.26. The first-order valence-electron chi connectivity index (χ1n) is 4.85. The summed E-state index contributed by atoms with van der Waals surface area (Å²) in [6.07, 6.45) is -1.08. The Morgan fingerprint density at radius 3 is 2.82 bits per heavy atom. The van der Waals surface area contributed by atoms with Crippen LogP contribution in [0.3, 0.4) is 0 Å². The average molecular weight is 263 g/mol. The largest absolute Gasteiger partial charge is 0.480 e. The third-order valence-electron chi connectivity index (χ3n) is 2.14. The van der Waals surface area contributed by atoms with Crippen molar-refractivity contribution in [3.63, 3.8) is 0 Å². The minimum atomic E-state index is -1.13. The summed E-state index contributed by atoms with van der Waals surface area (Å²) in [5.41, 5.74) is 0.664. The molecule has 0 heterocycles. The van der Waals surface area contributed by atoms with Crippen LogP contribution in [0.15, 0.2) is 12.1 Å². The van der Waals surface area contributed by atoms with E-state index < -0.39 is 24.5 Å². The van der Waals surface area contributed by atoms with Crippen LogP contribution in [0.1, 0.15) is 17.2 Å². The number of carbonyl (C=O) groups is 1. The number of hydrogen-bond donors (Lipinski definition) is 2. The smallest absolute Gasteiger partial charge is 0.329 e. The van der Waals surface area contributed by atoms with Gasteiger partial charge in [0.25, 0.3) is 0 Å². The van der Waals surface area contributed by atoms with Crippen molar-refractivity contribution in [1.82, 2.24) is 0 Å². The Kier molecular flexibility index (Phi) is 4.86. The van der Waals surface area contributed by atoms with Gasteiger partial charge in [-0.25, -0.2) is 9.18 Å². The molecule has 0 amide bonds. The first-order valence-corrected chi connectivity index (χ1v) is 5.22. The highest BCUT2D eigenvalue weighted by Gasteiger charge is 2.14. The van der Waals surface area contributed by atoms with Crippen molar-refractivity contribution in [3.05, 3.63) is 34.1 Å². The molecule has 1 aromatic carbocycles. The fourth-order valence-electron chi connectivity index (χ4n) is 1.28. The Bertz CT molecular complexity index is 422. The number of rotatable bonds is 5. The monoisotopic (exact) mass is 262 g/mol. The number of hydrogen-bond acceptors (Lipinski definition) is 3. The minimum Gasteiger partial charge on any atom is -0.480 e. The van der Waals surface area contributed by atoms with E-state index in [-0.39, 0.29) is 11.6 Å². The molecule has 4 nitrogen and oxygen atoms in total. The molecule has 0 aliphatic carbocycles. The van der Waals surface area contributed by atoms with Gasteiger partial charge in [0.1, 0.15) is 18.5 Å². The molecule has 1 aromatic rings. The second-order valence-corrected chi connectivity index (χ2v) is 3.95. The maximum absolute atomic E-state index is 13.1. The molecule has 6 heteroatoms. The Morgan fingerprint density at radius 2 is 2.24 bits per heavy atom. The number of halogens is 2. The molecule has 94 valence electrons. The quantitative estimate of drug-likeness (QED) is 0.851. The lowest BCUT2D eigenvalue weighted by atomic mass is 10.1. The summed E-state index contributed by atoms with van der Waals surface area (Å²) in [7, 11) is 0. The van der Waals surface area contributed by atoms with Gasteiger partial charge in [-0.05, 0) is 24.6 Å². The van der Waals surface area contributed by atoms with E-state index in [2.05, 4.69) is 0 Å². The second-order valence-electron chi connectivity index (χ2n) is 3.55. The van der Waals surface area contributed by atoms with Crippen molar-refractivity contribution in [2.24, 2.45) is 0 Å². The summed E-state index contributed by atoms with van der Waals surface area (Å²) in [4.78, 5) is 10.2. The number of aryl methyl sites for hydroxylation is 1. The molecule has 0 radical (unpaired) electrons. The van der Waals surface area contributed by atoms with Crippen molar-refractivity contribution in [2.75, 3.05) is 13.2 Å². The molecule has 0 saturated carbocycles. The highest BCUT2D eigenvalue weighted by atomic mass is 35.5. The van der Waals surface area contributed by atoms with Gasteiger partial charge in [-0.15, -0.1) is 0 Å². The zero-order valence-corrected chi connectivity index (χ0v) is 9.87. The van der Waals surface area contributed by atoms with E-state index in [0.717, 1.165) is 6.07 Å². The van der Waals surface area contributed by atoms with Crippen LogP contribution in [0.25, 0.3) is 0 Å². The second kappa shape index (κ2) is 5.95. The van der Waals surface area contributed by atoms with Gasteiger partial charge < -0.3 is 14.9 Å². The van der Waals surface area contributed by atoms with Gasteiger partial charge in [-0.2, -0.15) is 0 Å². The molecule has 0 bridgehead atoms. The normalized spacial score (nSPS) is 12.5. The van der Waals surface area contributed by atoms with E-state index in [1.807, 2.05) is 0 Å². The van der Waals surface area contributed by atoms with Crippen LogP contribution in [-0.4, -0.2) is 29.4 Å².